The Bertz CT molecular complexity index is 860. The first-order valence-electron chi connectivity index (χ1n) is 9.32. The van der Waals surface area contributed by atoms with E-state index in [1.807, 2.05) is 0 Å². The quantitative estimate of drug-likeness (QED) is 0.682. The number of aromatic nitrogens is 1. The number of rotatable bonds is 1. The van der Waals surface area contributed by atoms with Crippen molar-refractivity contribution < 1.29 is 31.4 Å². The van der Waals surface area contributed by atoms with Crippen LogP contribution in [0.15, 0.2) is 29.9 Å². The van der Waals surface area contributed by atoms with E-state index in [0.717, 1.165) is 24.6 Å². The van der Waals surface area contributed by atoms with Gasteiger partial charge in [0.1, 0.15) is 5.69 Å². The number of halogens is 6. The number of hydrogen-bond acceptors (Lipinski definition) is 4. The molecular weight excluding hydrogens is 400 g/mol. The number of nitrogens with zero attached hydrogens (tertiary/aromatic N) is 2. The predicted molar refractivity (Wildman–Crippen MR) is 94.1 cm³/mol. The third-order valence-electron chi connectivity index (χ3n) is 5.62. The third-order valence-corrected chi connectivity index (χ3v) is 5.62. The zero-order valence-corrected chi connectivity index (χ0v) is 15.2. The van der Waals surface area contributed by atoms with Crippen LogP contribution in [0.5, 0.6) is 0 Å². The molecule has 1 fully saturated rings. The van der Waals surface area contributed by atoms with Crippen molar-refractivity contribution in [2.24, 2.45) is 0 Å². The van der Waals surface area contributed by atoms with Crippen LogP contribution < -0.4 is 10.2 Å². The monoisotopic (exact) mass is 419 g/mol. The SMILES string of the molecule is O[C@H]1CNCCC[C@@H]1N1c2ccc(C(F)(F)F)nc2C2=CC(C(F)(F)F)=CCC21. The lowest BCUT2D eigenvalue weighted by Gasteiger charge is -2.38. The fourth-order valence-electron chi connectivity index (χ4n) is 4.32. The number of nitrogens with one attached hydrogen (secondary N) is 1. The van der Waals surface area contributed by atoms with Gasteiger partial charge in [-0.25, -0.2) is 4.98 Å². The van der Waals surface area contributed by atoms with Gasteiger partial charge < -0.3 is 15.3 Å². The molecule has 0 saturated carbocycles. The van der Waals surface area contributed by atoms with E-state index in [-0.39, 0.29) is 17.7 Å². The second-order valence-corrected chi connectivity index (χ2v) is 7.46. The summed E-state index contributed by atoms with van der Waals surface area (Å²) >= 11 is 0. The maximum absolute atomic E-state index is 13.2. The summed E-state index contributed by atoms with van der Waals surface area (Å²) in [7, 11) is 0. The van der Waals surface area contributed by atoms with E-state index in [0.29, 0.717) is 25.2 Å². The smallest absolute Gasteiger partial charge is 0.390 e. The summed E-state index contributed by atoms with van der Waals surface area (Å²) in [5.74, 6) is 0. The Labute approximate surface area is 162 Å². The summed E-state index contributed by atoms with van der Waals surface area (Å²) in [5, 5.41) is 13.7. The molecule has 0 spiro atoms. The maximum atomic E-state index is 13.2. The number of aliphatic hydroxyl groups is 1. The minimum atomic E-state index is -4.71. The highest BCUT2D eigenvalue weighted by atomic mass is 19.4. The average molecular weight is 419 g/mol. The molecule has 3 aliphatic rings. The summed E-state index contributed by atoms with van der Waals surface area (Å²) in [5.41, 5.74) is -1.69. The molecule has 29 heavy (non-hydrogen) atoms. The van der Waals surface area contributed by atoms with E-state index in [1.54, 1.807) is 4.90 Å². The van der Waals surface area contributed by atoms with E-state index < -0.39 is 41.8 Å². The molecule has 3 heterocycles. The highest BCUT2D eigenvalue weighted by molar-refractivity contribution is 5.88. The number of fused-ring (bicyclic) bond motifs is 3. The molecule has 0 aromatic carbocycles. The highest BCUT2D eigenvalue weighted by Crippen LogP contribution is 2.48. The van der Waals surface area contributed by atoms with Gasteiger partial charge >= 0.3 is 12.4 Å². The molecule has 4 nitrogen and oxygen atoms in total. The van der Waals surface area contributed by atoms with Gasteiger partial charge in [0, 0.05) is 12.1 Å². The van der Waals surface area contributed by atoms with E-state index in [1.165, 1.54) is 6.07 Å². The molecule has 0 bridgehead atoms. The molecule has 0 radical (unpaired) electrons. The van der Waals surface area contributed by atoms with Crippen molar-refractivity contribution in [2.75, 3.05) is 18.0 Å². The Kier molecular flexibility index (Phi) is 4.89. The van der Waals surface area contributed by atoms with Gasteiger partial charge in [-0.3, -0.25) is 0 Å². The first kappa shape index (κ1) is 20.2. The van der Waals surface area contributed by atoms with E-state index in [2.05, 4.69) is 10.3 Å². The van der Waals surface area contributed by atoms with Crippen LogP contribution in [-0.4, -0.2) is 47.5 Å². The largest absolute Gasteiger partial charge is 0.433 e. The molecule has 1 aliphatic carbocycles. The van der Waals surface area contributed by atoms with Crippen LogP contribution in [0, 0.1) is 0 Å². The lowest BCUT2D eigenvalue weighted by molar-refractivity contribution is -0.141. The Balaban J connectivity index is 1.83. The number of anilines is 1. The number of allylic oxidation sites excluding steroid dienone is 2. The standard InChI is InChI=1S/C19H19F6N3O/c20-18(21,22)10-3-4-12-11(8-10)17-14(5-6-16(27-17)19(23,24)25)28(12)13-2-1-7-26-9-15(13)29/h3,5-6,8,12-13,15,26,29H,1-2,4,7,9H2/t12?,13-,15-/m0/s1. The number of β-amino-alcohol motifs (C(OH)–C–C–N with tert-alkyl or cyclic N) is 1. The van der Waals surface area contributed by atoms with Crippen LogP contribution in [0.25, 0.3) is 5.57 Å². The molecule has 2 N–H and O–H groups in total. The van der Waals surface area contributed by atoms with Gasteiger partial charge in [-0.1, -0.05) is 6.08 Å². The van der Waals surface area contributed by atoms with Crippen LogP contribution in [0.2, 0.25) is 0 Å². The van der Waals surface area contributed by atoms with Crippen LogP contribution >= 0.6 is 0 Å². The van der Waals surface area contributed by atoms with E-state index in [9.17, 15) is 31.4 Å². The molecule has 4 rings (SSSR count). The summed E-state index contributed by atoms with van der Waals surface area (Å²) < 4.78 is 79.2. The minimum absolute atomic E-state index is 0.0188. The van der Waals surface area contributed by atoms with Crippen molar-refractivity contribution in [1.29, 1.82) is 0 Å². The summed E-state index contributed by atoms with van der Waals surface area (Å²) in [6.45, 7) is 0.991. The molecule has 158 valence electrons. The van der Waals surface area contributed by atoms with Crippen molar-refractivity contribution in [3.8, 4) is 0 Å². The molecular formula is C19H19F6N3O. The molecule has 1 aromatic heterocycles. The topological polar surface area (TPSA) is 48.4 Å². The van der Waals surface area contributed by atoms with Crippen molar-refractivity contribution in [3.05, 3.63) is 41.2 Å². The van der Waals surface area contributed by atoms with Gasteiger partial charge in [0.25, 0.3) is 0 Å². The first-order valence-corrected chi connectivity index (χ1v) is 9.32. The number of alkyl halides is 6. The van der Waals surface area contributed by atoms with Crippen molar-refractivity contribution in [3.63, 3.8) is 0 Å². The van der Waals surface area contributed by atoms with Crippen LogP contribution in [0.3, 0.4) is 0 Å². The minimum Gasteiger partial charge on any atom is -0.390 e. The fourth-order valence-corrected chi connectivity index (χ4v) is 4.32. The predicted octanol–water partition coefficient (Wildman–Crippen LogP) is 3.68. The summed E-state index contributed by atoms with van der Waals surface area (Å²) in [4.78, 5) is 5.45. The highest BCUT2D eigenvalue weighted by Gasteiger charge is 2.46. The molecule has 3 atom stereocenters. The molecule has 1 aromatic rings. The third kappa shape index (κ3) is 3.63. The van der Waals surface area contributed by atoms with Crippen LogP contribution in [0.4, 0.5) is 32.0 Å². The Morgan fingerprint density at radius 1 is 1.10 bits per heavy atom. The van der Waals surface area contributed by atoms with Gasteiger partial charge in [-0.15, -0.1) is 0 Å². The van der Waals surface area contributed by atoms with Crippen molar-refractivity contribution >= 4 is 11.3 Å². The van der Waals surface area contributed by atoms with Crippen molar-refractivity contribution in [2.45, 2.75) is 49.8 Å². The summed E-state index contributed by atoms with van der Waals surface area (Å²) in [6.07, 6.45) is -6.89. The zero-order valence-electron chi connectivity index (χ0n) is 15.2. The van der Waals surface area contributed by atoms with Gasteiger partial charge in [0.15, 0.2) is 0 Å². The molecule has 10 heteroatoms. The van der Waals surface area contributed by atoms with E-state index >= 15 is 0 Å². The van der Waals surface area contributed by atoms with Gasteiger partial charge in [-0.2, -0.15) is 26.3 Å². The number of hydrogen-bond donors (Lipinski definition) is 2. The van der Waals surface area contributed by atoms with Gasteiger partial charge in [0.05, 0.1) is 35.1 Å². The van der Waals surface area contributed by atoms with Crippen LogP contribution in [0.1, 0.15) is 30.7 Å². The fraction of sp³-hybridized carbons (Fsp3) is 0.526. The summed E-state index contributed by atoms with van der Waals surface area (Å²) in [6, 6.07) is 1.06. The van der Waals surface area contributed by atoms with Crippen molar-refractivity contribution in [1.82, 2.24) is 10.3 Å². The first-order chi connectivity index (χ1) is 13.6. The average Bonchev–Trinajstić information content (AvgIpc) is 2.80. The second-order valence-electron chi connectivity index (χ2n) is 7.46. The lowest BCUT2D eigenvalue weighted by Crippen LogP contribution is -2.49. The number of aliphatic hydroxyl groups excluding tert-OH is 1. The van der Waals surface area contributed by atoms with Gasteiger partial charge in [0.2, 0.25) is 0 Å². The Hall–Kier alpha value is -2.07. The zero-order chi connectivity index (χ0) is 21.0. The number of pyridine rings is 1. The lowest BCUT2D eigenvalue weighted by atomic mass is 9.92. The molecule has 1 unspecified atom stereocenters. The molecule has 2 aliphatic heterocycles. The molecule has 0 amide bonds. The Morgan fingerprint density at radius 3 is 2.55 bits per heavy atom. The normalized spacial score (nSPS) is 27.7. The van der Waals surface area contributed by atoms with Gasteiger partial charge in [-0.05, 0) is 44.0 Å². The molecule has 1 saturated heterocycles. The Morgan fingerprint density at radius 2 is 1.86 bits per heavy atom. The maximum Gasteiger partial charge on any atom is 0.433 e. The van der Waals surface area contributed by atoms with Crippen LogP contribution in [-0.2, 0) is 6.18 Å². The van der Waals surface area contributed by atoms with E-state index in [4.69, 9.17) is 0 Å². The second kappa shape index (κ2) is 7.02.